The monoisotopic (exact) mass is 576 g/mol. The van der Waals surface area contributed by atoms with Crippen molar-refractivity contribution < 1.29 is 14.6 Å². The number of amides is 1. The number of aromatic hydroxyl groups is 1. The van der Waals surface area contributed by atoms with E-state index in [1.165, 1.54) is 5.56 Å². The third-order valence-corrected chi connectivity index (χ3v) is 6.61. The average Bonchev–Trinajstić information content (AvgIpc) is 3.24. The lowest BCUT2D eigenvalue weighted by Gasteiger charge is -2.26. The first-order valence-electron chi connectivity index (χ1n) is 11.1. The molecule has 4 rings (SSSR count). The highest BCUT2D eigenvalue weighted by molar-refractivity contribution is 14.1. The van der Waals surface area contributed by atoms with Crippen molar-refractivity contribution in [2.24, 2.45) is 5.73 Å². The lowest BCUT2D eigenvalue weighted by molar-refractivity contribution is 0.0342. The summed E-state index contributed by atoms with van der Waals surface area (Å²) in [6.07, 6.45) is 0. The number of phenolic OH excluding ortho intramolecular Hbond substituents is 1. The lowest BCUT2D eigenvalue weighted by atomic mass is 10.1. The number of aromatic nitrogens is 2. The van der Waals surface area contributed by atoms with Gasteiger partial charge in [0.15, 0.2) is 5.82 Å². The standard InChI is InChI=1S/C24H29IN6O3/c1-15-10-17(11-18(12-25)21(15)32)13-27-23-20(22(26)33)24(30-29-23)28-19-4-2-16(3-5-19)14-31-6-8-34-9-7-31/h2-5,10-11,32H,6-9,12-14H2,1H3,(H2,26,33)(H3,27,28,29,30). The van der Waals surface area contributed by atoms with E-state index < -0.39 is 5.91 Å². The van der Waals surface area contributed by atoms with Gasteiger partial charge in [-0.2, -0.15) is 5.10 Å². The van der Waals surface area contributed by atoms with Crippen LogP contribution < -0.4 is 16.4 Å². The van der Waals surface area contributed by atoms with Crippen LogP contribution in [0.4, 0.5) is 17.3 Å². The number of carbonyl (C=O) groups is 1. The van der Waals surface area contributed by atoms with Gasteiger partial charge in [0.1, 0.15) is 17.1 Å². The minimum absolute atomic E-state index is 0.266. The topological polar surface area (TPSA) is 129 Å². The van der Waals surface area contributed by atoms with E-state index in [1.807, 2.05) is 31.2 Å². The van der Waals surface area contributed by atoms with Gasteiger partial charge in [-0.3, -0.25) is 14.8 Å². The summed E-state index contributed by atoms with van der Waals surface area (Å²) in [6.45, 7) is 6.61. The number of nitrogens with one attached hydrogen (secondary N) is 3. The Morgan fingerprint density at radius 2 is 1.97 bits per heavy atom. The largest absolute Gasteiger partial charge is 0.507 e. The summed E-state index contributed by atoms with van der Waals surface area (Å²) in [6, 6.07) is 11.9. The van der Waals surface area contributed by atoms with Crippen LogP contribution in [-0.4, -0.2) is 52.4 Å². The quantitative estimate of drug-likeness (QED) is 0.194. The number of alkyl halides is 1. The van der Waals surface area contributed by atoms with Crippen molar-refractivity contribution in [3.63, 3.8) is 0 Å². The van der Waals surface area contributed by atoms with Crippen molar-refractivity contribution in [3.8, 4) is 5.75 Å². The van der Waals surface area contributed by atoms with Crippen molar-refractivity contribution in [2.45, 2.75) is 24.4 Å². The first kappa shape index (κ1) is 24.3. The van der Waals surface area contributed by atoms with Crippen LogP contribution in [0.2, 0.25) is 0 Å². The molecule has 0 atom stereocenters. The lowest BCUT2D eigenvalue weighted by Crippen LogP contribution is -2.35. The van der Waals surface area contributed by atoms with Crippen LogP contribution in [0.1, 0.15) is 32.6 Å². The molecule has 1 aliphatic rings. The highest BCUT2D eigenvalue weighted by Crippen LogP contribution is 2.28. The van der Waals surface area contributed by atoms with Crippen LogP contribution in [0.5, 0.6) is 5.75 Å². The van der Waals surface area contributed by atoms with Gasteiger partial charge in [-0.25, -0.2) is 0 Å². The molecular formula is C24H29IN6O3. The zero-order chi connectivity index (χ0) is 24.1. The van der Waals surface area contributed by atoms with Gasteiger partial charge >= 0.3 is 0 Å². The minimum atomic E-state index is -0.586. The number of aryl methyl sites for hydroxylation is 1. The molecule has 3 aromatic rings. The third kappa shape index (κ3) is 5.80. The molecule has 1 aromatic heterocycles. The van der Waals surface area contributed by atoms with Crippen LogP contribution in [0.25, 0.3) is 0 Å². The van der Waals surface area contributed by atoms with E-state index in [0.29, 0.717) is 28.4 Å². The Balaban J connectivity index is 1.44. The summed E-state index contributed by atoms with van der Waals surface area (Å²) in [5.74, 6) is 0.544. The number of H-pyrrole nitrogens is 1. The predicted molar refractivity (Wildman–Crippen MR) is 141 cm³/mol. The number of anilines is 3. The summed E-state index contributed by atoms with van der Waals surface area (Å²) >= 11 is 2.22. The van der Waals surface area contributed by atoms with Gasteiger partial charge in [0.2, 0.25) is 0 Å². The average molecular weight is 576 g/mol. The number of rotatable bonds is 9. The summed E-state index contributed by atoms with van der Waals surface area (Å²) in [7, 11) is 0. The summed E-state index contributed by atoms with van der Waals surface area (Å²) < 4.78 is 6.10. The fraction of sp³-hybridized carbons (Fsp3) is 0.333. The molecule has 1 aliphatic heterocycles. The number of ether oxygens (including phenoxy) is 1. The Morgan fingerprint density at radius 1 is 1.24 bits per heavy atom. The van der Waals surface area contributed by atoms with Crippen LogP contribution in [-0.2, 0) is 22.3 Å². The van der Waals surface area contributed by atoms with Crippen LogP contribution >= 0.6 is 22.6 Å². The fourth-order valence-corrected chi connectivity index (χ4v) is 4.56. The van der Waals surface area contributed by atoms with Gasteiger partial charge in [-0.05, 0) is 41.8 Å². The predicted octanol–water partition coefficient (Wildman–Crippen LogP) is 3.65. The number of halogens is 1. The van der Waals surface area contributed by atoms with E-state index >= 15 is 0 Å². The third-order valence-electron chi connectivity index (χ3n) is 5.79. The molecule has 0 aliphatic carbocycles. The Kier molecular flexibility index (Phi) is 7.91. The molecule has 0 saturated carbocycles. The molecule has 0 spiro atoms. The number of phenols is 1. The molecule has 34 heavy (non-hydrogen) atoms. The van der Waals surface area contributed by atoms with E-state index in [2.05, 4.69) is 60.5 Å². The minimum Gasteiger partial charge on any atom is -0.507 e. The maximum absolute atomic E-state index is 12.2. The van der Waals surface area contributed by atoms with E-state index in [9.17, 15) is 9.90 Å². The Bertz CT molecular complexity index is 1140. The van der Waals surface area contributed by atoms with Crippen LogP contribution in [0.15, 0.2) is 36.4 Å². The second-order valence-electron chi connectivity index (χ2n) is 8.30. The van der Waals surface area contributed by atoms with Gasteiger partial charge in [-0.15, -0.1) is 0 Å². The normalized spacial score (nSPS) is 14.2. The molecule has 2 aromatic carbocycles. The molecule has 9 nitrogen and oxygen atoms in total. The van der Waals surface area contributed by atoms with Crippen molar-refractivity contribution in [1.29, 1.82) is 0 Å². The molecule has 0 unspecified atom stereocenters. The number of primary amides is 1. The zero-order valence-corrected chi connectivity index (χ0v) is 21.2. The van der Waals surface area contributed by atoms with Crippen LogP contribution in [0.3, 0.4) is 0 Å². The number of carbonyl (C=O) groups excluding carboxylic acids is 1. The molecule has 2 heterocycles. The van der Waals surface area contributed by atoms with E-state index in [1.54, 1.807) is 0 Å². The van der Waals surface area contributed by atoms with Crippen molar-refractivity contribution in [3.05, 3.63) is 64.2 Å². The van der Waals surface area contributed by atoms with Gasteiger partial charge < -0.3 is 26.2 Å². The Hall–Kier alpha value is -2.83. The maximum atomic E-state index is 12.2. The fourth-order valence-electron chi connectivity index (χ4n) is 3.98. The first-order valence-corrected chi connectivity index (χ1v) is 12.6. The molecule has 10 heteroatoms. The summed E-state index contributed by atoms with van der Waals surface area (Å²) in [4.78, 5) is 14.6. The van der Waals surface area contributed by atoms with Crippen molar-refractivity contribution >= 4 is 45.8 Å². The number of aromatic amines is 1. The van der Waals surface area contributed by atoms with Gasteiger partial charge in [0, 0.05) is 41.9 Å². The number of benzene rings is 2. The molecule has 1 fully saturated rings. The molecule has 6 N–H and O–H groups in total. The summed E-state index contributed by atoms with van der Waals surface area (Å²) in [5, 5.41) is 23.7. The highest BCUT2D eigenvalue weighted by atomic mass is 127. The SMILES string of the molecule is Cc1cc(CNc2n[nH]c(Nc3ccc(CN4CCOCC4)cc3)c2C(N)=O)cc(CI)c1O. The molecule has 180 valence electrons. The Labute approximate surface area is 212 Å². The second kappa shape index (κ2) is 11.1. The number of hydrogen-bond acceptors (Lipinski definition) is 7. The molecule has 0 radical (unpaired) electrons. The second-order valence-corrected chi connectivity index (χ2v) is 9.07. The molecule has 0 bridgehead atoms. The van der Waals surface area contributed by atoms with E-state index in [4.69, 9.17) is 10.5 Å². The zero-order valence-electron chi connectivity index (χ0n) is 19.0. The number of hydrogen-bond donors (Lipinski definition) is 5. The maximum Gasteiger partial charge on any atom is 0.256 e. The summed E-state index contributed by atoms with van der Waals surface area (Å²) in [5.41, 5.74) is 10.6. The van der Waals surface area contributed by atoms with Crippen molar-refractivity contribution in [1.82, 2.24) is 15.1 Å². The smallest absolute Gasteiger partial charge is 0.256 e. The van der Waals surface area contributed by atoms with Crippen molar-refractivity contribution in [2.75, 3.05) is 36.9 Å². The van der Waals surface area contributed by atoms with E-state index in [-0.39, 0.29) is 5.56 Å². The van der Waals surface area contributed by atoms with Gasteiger partial charge in [0.05, 0.1) is 13.2 Å². The van der Waals surface area contributed by atoms with Crippen LogP contribution in [0, 0.1) is 6.92 Å². The number of morpholine rings is 1. The first-order chi connectivity index (χ1) is 16.4. The Morgan fingerprint density at radius 3 is 2.65 bits per heavy atom. The van der Waals surface area contributed by atoms with Gasteiger partial charge in [0.25, 0.3) is 5.91 Å². The number of nitrogens with zero attached hydrogens (tertiary/aromatic N) is 2. The molecule has 1 saturated heterocycles. The van der Waals surface area contributed by atoms with Gasteiger partial charge in [-0.1, -0.05) is 40.8 Å². The molecular weight excluding hydrogens is 547 g/mol. The number of nitrogens with two attached hydrogens (primary N) is 1. The van der Waals surface area contributed by atoms with E-state index in [0.717, 1.165) is 55.2 Å². The highest BCUT2D eigenvalue weighted by Gasteiger charge is 2.19. The molecule has 1 amide bonds.